The number of hydrogen-bond acceptors (Lipinski definition) is 3. The molecule has 5 rings (SSSR count). The fraction of sp³-hybridized carbons (Fsp3) is 0.100. The van der Waals surface area contributed by atoms with Gasteiger partial charge < -0.3 is 4.74 Å². The van der Waals surface area contributed by atoms with Gasteiger partial charge in [-0.2, -0.15) is 0 Å². The van der Waals surface area contributed by atoms with E-state index in [1.165, 1.54) is 0 Å². The molecular formula is C20H14N2O2. The zero-order valence-corrected chi connectivity index (χ0v) is 13.1. The summed E-state index contributed by atoms with van der Waals surface area (Å²) in [6.45, 7) is 2.53. The first-order valence-electron chi connectivity index (χ1n) is 8.00. The van der Waals surface area contributed by atoms with E-state index in [1.807, 2.05) is 61.5 Å². The van der Waals surface area contributed by atoms with Gasteiger partial charge in [-0.1, -0.05) is 30.3 Å². The molecule has 0 amide bonds. The highest BCUT2D eigenvalue weighted by Crippen LogP contribution is 2.30. The van der Waals surface area contributed by atoms with Crippen LogP contribution < -0.4 is 10.3 Å². The summed E-state index contributed by atoms with van der Waals surface area (Å²) in [7, 11) is 0. The fourth-order valence-electron chi connectivity index (χ4n) is 3.52. The van der Waals surface area contributed by atoms with E-state index in [9.17, 15) is 4.79 Å². The van der Waals surface area contributed by atoms with Gasteiger partial charge in [-0.3, -0.25) is 9.20 Å². The monoisotopic (exact) mass is 314 g/mol. The Morgan fingerprint density at radius 3 is 2.62 bits per heavy atom. The number of fused-ring (bicyclic) bond motifs is 4. The molecule has 0 radical (unpaired) electrons. The fourth-order valence-corrected chi connectivity index (χ4v) is 3.52. The predicted octanol–water partition coefficient (Wildman–Crippen LogP) is 3.99. The van der Waals surface area contributed by atoms with E-state index in [0.29, 0.717) is 12.3 Å². The minimum absolute atomic E-state index is 0.0366. The molecule has 2 heterocycles. The van der Waals surface area contributed by atoms with Crippen LogP contribution in [0.15, 0.2) is 59.4 Å². The molecule has 2 aromatic heterocycles. The molecule has 0 aliphatic heterocycles. The minimum atomic E-state index is -0.0366. The first-order valence-corrected chi connectivity index (χ1v) is 8.00. The van der Waals surface area contributed by atoms with Crippen molar-refractivity contribution in [2.45, 2.75) is 6.92 Å². The van der Waals surface area contributed by atoms with Gasteiger partial charge in [0, 0.05) is 22.2 Å². The molecule has 0 N–H and O–H groups in total. The number of pyridine rings is 1. The van der Waals surface area contributed by atoms with E-state index in [0.717, 1.165) is 38.3 Å². The van der Waals surface area contributed by atoms with E-state index in [-0.39, 0.29) is 5.56 Å². The lowest BCUT2D eigenvalue weighted by molar-refractivity contribution is 0.340. The Balaban J connectivity index is 2.07. The number of benzene rings is 3. The average molecular weight is 314 g/mol. The second kappa shape index (κ2) is 4.68. The van der Waals surface area contributed by atoms with Crippen LogP contribution in [0.5, 0.6) is 5.75 Å². The highest BCUT2D eigenvalue weighted by Gasteiger charge is 2.15. The van der Waals surface area contributed by atoms with Crippen LogP contribution in [-0.2, 0) is 0 Å². The Labute approximate surface area is 137 Å². The van der Waals surface area contributed by atoms with Crippen molar-refractivity contribution >= 4 is 38.2 Å². The molecule has 116 valence electrons. The largest absolute Gasteiger partial charge is 0.494 e. The lowest BCUT2D eigenvalue weighted by atomic mass is 10.0. The molecule has 0 fully saturated rings. The first kappa shape index (κ1) is 13.3. The number of rotatable bonds is 2. The number of ether oxygens (including phenoxy) is 1. The zero-order valence-electron chi connectivity index (χ0n) is 13.1. The first-order chi connectivity index (χ1) is 11.8. The van der Waals surface area contributed by atoms with Crippen molar-refractivity contribution in [3.05, 3.63) is 65.0 Å². The van der Waals surface area contributed by atoms with Gasteiger partial charge in [-0.25, -0.2) is 4.98 Å². The molecule has 3 aromatic carbocycles. The lowest BCUT2D eigenvalue weighted by Gasteiger charge is -2.07. The van der Waals surface area contributed by atoms with Crippen LogP contribution in [0.4, 0.5) is 0 Å². The van der Waals surface area contributed by atoms with Crippen LogP contribution in [0, 0.1) is 0 Å². The molecular weight excluding hydrogens is 300 g/mol. The molecule has 0 aliphatic carbocycles. The molecule has 5 aromatic rings. The van der Waals surface area contributed by atoms with Crippen molar-refractivity contribution in [2.24, 2.45) is 0 Å². The third-order valence-corrected chi connectivity index (χ3v) is 4.52. The van der Waals surface area contributed by atoms with Crippen molar-refractivity contribution < 1.29 is 4.74 Å². The van der Waals surface area contributed by atoms with Crippen molar-refractivity contribution in [2.75, 3.05) is 6.61 Å². The molecule has 24 heavy (non-hydrogen) atoms. The Bertz CT molecular complexity index is 1280. The molecule has 4 heteroatoms. The van der Waals surface area contributed by atoms with E-state index in [2.05, 4.69) is 0 Å². The van der Waals surface area contributed by atoms with Crippen LogP contribution >= 0.6 is 0 Å². The maximum Gasteiger partial charge on any atom is 0.264 e. The van der Waals surface area contributed by atoms with Crippen molar-refractivity contribution in [3.8, 4) is 5.75 Å². The molecule has 0 saturated heterocycles. The summed E-state index contributed by atoms with van der Waals surface area (Å²) in [6, 6.07) is 17.6. The van der Waals surface area contributed by atoms with Crippen LogP contribution in [0.1, 0.15) is 6.92 Å². The topological polar surface area (TPSA) is 43.6 Å². The molecule has 0 saturated carbocycles. The summed E-state index contributed by atoms with van der Waals surface area (Å²) in [4.78, 5) is 17.8. The Morgan fingerprint density at radius 2 is 1.83 bits per heavy atom. The van der Waals surface area contributed by atoms with Gasteiger partial charge in [0.1, 0.15) is 11.4 Å². The van der Waals surface area contributed by atoms with Gasteiger partial charge in [-0.05, 0) is 30.5 Å². The smallest absolute Gasteiger partial charge is 0.264 e. The van der Waals surface area contributed by atoms with E-state index in [4.69, 9.17) is 9.72 Å². The summed E-state index contributed by atoms with van der Waals surface area (Å²) in [5, 5.41) is 3.76. The number of imidazole rings is 1. The summed E-state index contributed by atoms with van der Waals surface area (Å²) < 4.78 is 7.29. The van der Waals surface area contributed by atoms with Crippen LogP contribution in [-0.4, -0.2) is 16.0 Å². The Morgan fingerprint density at radius 1 is 1.04 bits per heavy atom. The second-order valence-electron chi connectivity index (χ2n) is 5.87. The van der Waals surface area contributed by atoms with Crippen molar-refractivity contribution in [3.63, 3.8) is 0 Å². The highest BCUT2D eigenvalue weighted by atomic mass is 16.5. The van der Waals surface area contributed by atoms with Crippen molar-refractivity contribution in [1.82, 2.24) is 9.38 Å². The third kappa shape index (κ3) is 1.62. The van der Waals surface area contributed by atoms with E-state index >= 15 is 0 Å². The third-order valence-electron chi connectivity index (χ3n) is 4.52. The molecule has 0 unspecified atom stereocenters. The summed E-state index contributed by atoms with van der Waals surface area (Å²) in [6.07, 6.45) is 0. The van der Waals surface area contributed by atoms with Crippen LogP contribution in [0.25, 0.3) is 38.2 Å². The summed E-state index contributed by atoms with van der Waals surface area (Å²) in [5.74, 6) is 0.748. The quantitative estimate of drug-likeness (QED) is 0.495. The molecule has 0 bridgehead atoms. The summed E-state index contributed by atoms with van der Waals surface area (Å²) in [5.41, 5.74) is 2.25. The van der Waals surface area contributed by atoms with Gasteiger partial charge in [-0.15, -0.1) is 0 Å². The van der Waals surface area contributed by atoms with Crippen LogP contribution in [0.2, 0.25) is 0 Å². The number of nitrogens with zero attached hydrogens (tertiary/aromatic N) is 2. The normalized spacial score (nSPS) is 11.9. The van der Waals surface area contributed by atoms with Crippen molar-refractivity contribution in [1.29, 1.82) is 0 Å². The Hall–Kier alpha value is -3.14. The molecule has 4 nitrogen and oxygen atoms in total. The zero-order chi connectivity index (χ0) is 16.3. The maximum absolute atomic E-state index is 13.1. The van der Waals surface area contributed by atoms with Gasteiger partial charge in [0.2, 0.25) is 0 Å². The standard InChI is InChI=1S/C20H14N2O2/c1-2-24-13-9-10-16-17(11-13)22-19(21-16)14-7-3-5-12-6-4-8-15(18(12)14)20(22)23/h3-11H,2H2,1H3. The summed E-state index contributed by atoms with van der Waals surface area (Å²) >= 11 is 0. The molecule has 0 aliphatic rings. The van der Waals surface area contributed by atoms with E-state index in [1.54, 1.807) is 4.40 Å². The van der Waals surface area contributed by atoms with E-state index < -0.39 is 0 Å². The van der Waals surface area contributed by atoms with Gasteiger partial charge in [0.05, 0.1) is 17.6 Å². The average Bonchev–Trinajstić information content (AvgIpc) is 2.99. The van der Waals surface area contributed by atoms with Crippen LogP contribution in [0.3, 0.4) is 0 Å². The van der Waals surface area contributed by atoms with Gasteiger partial charge in [0.15, 0.2) is 0 Å². The number of aromatic nitrogens is 2. The highest BCUT2D eigenvalue weighted by molar-refractivity contribution is 6.15. The number of hydrogen-bond donors (Lipinski definition) is 0. The minimum Gasteiger partial charge on any atom is -0.494 e. The maximum atomic E-state index is 13.1. The van der Waals surface area contributed by atoms with Gasteiger partial charge >= 0.3 is 0 Å². The Kier molecular flexibility index (Phi) is 2.59. The molecule has 0 atom stereocenters. The predicted molar refractivity (Wildman–Crippen MR) is 96.3 cm³/mol. The lowest BCUT2D eigenvalue weighted by Crippen LogP contribution is -2.13. The van der Waals surface area contributed by atoms with Gasteiger partial charge in [0.25, 0.3) is 5.56 Å². The second-order valence-corrected chi connectivity index (χ2v) is 5.87. The SMILES string of the molecule is CCOc1ccc2nc3c4cccc5cccc(c(=O)n3c2c1)c54. The molecule has 0 spiro atoms.